The van der Waals surface area contributed by atoms with E-state index in [4.69, 9.17) is 5.73 Å². The van der Waals surface area contributed by atoms with Crippen LogP contribution < -0.4 is 11.1 Å². The van der Waals surface area contributed by atoms with Gasteiger partial charge in [-0.15, -0.1) is 11.3 Å². The van der Waals surface area contributed by atoms with Crippen LogP contribution in [0, 0.1) is 0 Å². The number of hydrogen-bond acceptors (Lipinski definition) is 3. The molecule has 2 rings (SSSR count). The number of nitrogens with two attached hydrogens (primary N) is 1. The number of anilines is 1. The lowest BCUT2D eigenvalue weighted by atomic mass is 10.2. The van der Waals surface area contributed by atoms with Crippen LogP contribution in [-0.4, -0.2) is 12.5 Å². The Balaban J connectivity index is 2.36. The molecule has 0 saturated carbocycles. The molecule has 3 nitrogen and oxygen atoms in total. The summed E-state index contributed by atoms with van der Waals surface area (Å²) in [6.07, 6.45) is 0. The van der Waals surface area contributed by atoms with Crippen molar-refractivity contribution in [1.82, 2.24) is 5.32 Å². The van der Waals surface area contributed by atoms with Gasteiger partial charge in [-0.2, -0.15) is 0 Å². The zero-order chi connectivity index (χ0) is 13.3. The van der Waals surface area contributed by atoms with E-state index in [-0.39, 0.29) is 5.91 Å². The molecule has 0 aliphatic carbocycles. The quantitative estimate of drug-likeness (QED) is 0.848. The topological polar surface area (TPSA) is 55.1 Å². The van der Waals surface area contributed by atoms with E-state index in [1.165, 1.54) is 11.3 Å². The number of carbonyl (C=O) groups is 1. The molecule has 0 spiro atoms. The van der Waals surface area contributed by atoms with E-state index in [2.05, 4.69) is 27.8 Å². The lowest BCUT2D eigenvalue weighted by Gasteiger charge is -2.03. The van der Waals surface area contributed by atoms with E-state index in [9.17, 15) is 4.79 Å². The summed E-state index contributed by atoms with van der Waals surface area (Å²) in [6.45, 7) is 6.08. The van der Waals surface area contributed by atoms with Crippen molar-refractivity contribution in [2.24, 2.45) is 0 Å². The maximum Gasteiger partial charge on any atom is 0.263 e. The summed E-state index contributed by atoms with van der Waals surface area (Å²) >= 11 is 4.81. The highest BCUT2D eigenvalue weighted by atomic mass is 79.9. The number of benzene rings is 1. The Morgan fingerprint density at radius 1 is 1.56 bits per heavy atom. The van der Waals surface area contributed by atoms with E-state index in [0.717, 1.165) is 20.1 Å². The molecule has 0 atom stereocenters. The summed E-state index contributed by atoms with van der Waals surface area (Å²) in [6, 6.07) is 5.80. The average Bonchev–Trinajstić information content (AvgIpc) is 2.63. The minimum Gasteiger partial charge on any atom is -0.397 e. The predicted octanol–water partition coefficient (Wildman–Crippen LogP) is 3.55. The molecule has 1 aromatic carbocycles. The van der Waals surface area contributed by atoms with Crippen LogP contribution in [0.25, 0.3) is 10.1 Å². The molecule has 5 heteroatoms. The zero-order valence-corrected chi connectivity index (χ0v) is 12.3. The Bertz CT molecular complexity index is 633. The Kier molecular flexibility index (Phi) is 3.73. The van der Waals surface area contributed by atoms with E-state index in [1.54, 1.807) is 0 Å². The van der Waals surface area contributed by atoms with E-state index in [0.29, 0.717) is 17.1 Å². The van der Waals surface area contributed by atoms with Crippen LogP contribution in [0.15, 0.2) is 34.8 Å². The second kappa shape index (κ2) is 5.12. The molecule has 3 N–H and O–H groups in total. The van der Waals surface area contributed by atoms with Crippen molar-refractivity contribution in [3.05, 3.63) is 39.7 Å². The van der Waals surface area contributed by atoms with Crippen LogP contribution in [0.3, 0.4) is 0 Å². The van der Waals surface area contributed by atoms with Crippen molar-refractivity contribution in [2.45, 2.75) is 6.92 Å². The first-order chi connectivity index (χ1) is 8.49. The Morgan fingerprint density at radius 3 is 2.94 bits per heavy atom. The van der Waals surface area contributed by atoms with Crippen molar-refractivity contribution in [2.75, 3.05) is 12.3 Å². The fourth-order valence-electron chi connectivity index (χ4n) is 1.57. The van der Waals surface area contributed by atoms with Gasteiger partial charge in [0.15, 0.2) is 0 Å². The van der Waals surface area contributed by atoms with E-state index >= 15 is 0 Å². The lowest BCUT2D eigenvalue weighted by Crippen LogP contribution is -2.24. The van der Waals surface area contributed by atoms with Gasteiger partial charge in [0.25, 0.3) is 5.91 Å². The largest absolute Gasteiger partial charge is 0.397 e. The monoisotopic (exact) mass is 324 g/mol. The van der Waals surface area contributed by atoms with Crippen LogP contribution in [0.5, 0.6) is 0 Å². The fourth-order valence-corrected chi connectivity index (χ4v) is 3.16. The molecule has 0 unspecified atom stereocenters. The van der Waals surface area contributed by atoms with Crippen LogP contribution in [-0.2, 0) is 0 Å². The molecule has 0 bridgehead atoms. The van der Waals surface area contributed by atoms with E-state index < -0.39 is 0 Å². The third-order valence-electron chi connectivity index (χ3n) is 2.45. The Morgan fingerprint density at radius 2 is 2.28 bits per heavy atom. The standard InChI is InChI=1S/C13H13BrN2OS/c1-7(2)6-16-13(17)12-11(15)9-4-3-8(14)5-10(9)18-12/h3-5H,1,6,15H2,2H3,(H,16,17). The zero-order valence-electron chi connectivity index (χ0n) is 9.92. The molecular formula is C13H13BrN2OS. The molecule has 0 radical (unpaired) electrons. The number of amides is 1. The second-order valence-electron chi connectivity index (χ2n) is 4.13. The summed E-state index contributed by atoms with van der Waals surface area (Å²) in [5.74, 6) is -0.146. The number of halogens is 1. The number of nitrogens with one attached hydrogen (secondary N) is 1. The molecule has 0 aliphatic rings. The molecule has 18 heavy (non-hydrogen) atoms. The number of thiophene rings is 1. The number of hydrogen-bond donors (Lipinski definition) is 2. The number of fused-ring (bicyclic) bond motifs is 1. The number of rotatable bonds is 3. The molecule has 94 valence electrons. The first kappa shape index (κ1) is 13.1. The summed E-state index contributed by atoms with van der Waals surface area (Å²) in [4.78, 5) is 12.6. The predicted molar refractivity (Wildman–Crippen MR) is 81.1 cm³/mol. The minimum absolute atomic E-state index is 0.146. The van der Waals surface area contributed by atoms with Gasteiger partial charge in [0, 0.05) is 21.1 Å². The summed E-state index contributed by atoms with van der Waals surface area (Å²) < 4.78 is 1.98. The van der Waals surface area contributed by atoms with Crippen LogP contribution >= 0.6 is 27.3 Å². The van der Waals surface area contributed by atoms with Gasteiger partial charge in [-0.1, -0.05) is 34.1 Å². The van der Waals surface area contributed by atoms with Crippen LogP contribution in [0.4, 0.5) is 5.69 Å². The second-order valence-corrected chi connectivity index (χ2v) is 6.09. The Labute approximate surface area is 118 Å². The first-order valence-electron chi connectivity index (χ1n) is 5.39. The molecule has 2 aromatic rings. The first-order valence-corrected chi connectivity index (χ1v) is 7.00. The van der Waals surface area contributed by atoms with Crippen molar-refractivity contribution < 1.29 is 4.79 Å². The molecule has 1 amide bonds. The van der Waals surface area contributed by atoms with Gasteiger partial charge >= 0.3 is 0 Å². The summed E-state index contributed by atoms with van der Waals surface area (Å²) in [5, 5.41) is 3.72. The molecule has 0 saturated heterocycles. The molecule has 0 fully saturated rings. The van der Waals surface area contributed by atoms with Gasteiger partial charge < -0.3 is 11.1 Å². The normalized spacial score (nSPS) is 10.6. The Hall–Kier alpha value is -1.33. The van der Waals surface area contributed by atoms with Crippen molar-refractivity contribution in [3.8, 4) is 0 Å². The van der Waals surface area contributed by atoms with Crippen LogP contribution in [0.1, 0.15) is 16.6 Å². The third-order valence-corrected chi connectivity index (χ3v) is 4.11. The van der Waals surface area contributed by atoms with Gasteiger partial charge in [0.1, 0.15) is 4.88 Å². The summed E-state index contributed by atoms with van der Waals surface area (Å²) in [5.41, 5.74) is 7.46. The maximum atomic E-state index is 12.0. The average molecular weight is 325 g/mol. The molecule has 1 heterocycles. The molecule has 0 aliphatic heterocycles. The highest BCUT2D eigenvalue weighted by Crippen LogP contribution is 2.35. The lowest BCUT2D eigenvalue weighted by molar-refractivity contribution is 0.0962. The van der Waals surface area contributed by atoms with Gasteiger partial charge in [0.05, 0.1) is 5.69 Å². The van der Waals surface area contributed by atoms with Crippen LogP contribution in [0.2, 0.25) is 0 Å². The summed E-state index contributed by atoms with van der Waals surface area (Å²) in [7, 11) is 0. The SMILES string of the molecule is C=C(C)CNC(=O)c1sc2cc(Br)ccc2c1N. The van der Waals surface area contributed by atoms with Crippen molar-refractivity contribution in [1.29, 1.82) is 0 Å². The van der Waals surface area contributed by atoms with Gasteiger partial charge in [-0.25, -0.2) is 0 Å². The third kappa shape index (κ3) is 2.57. The van der Waals surface area contributed by atoms with Crippen molar-refractivity contribution in [3.63, 3.8) is 0 Å². The molecular weight excluding hydrogens is 312 g/mol. The van der Waals surface area contributed by atoms with Crippen molar-refractivity contribution >= 4 is 48.9 Å². The smallest absolute Gasteiger partial charge is 0.263 e. The van der Waals surface area contributed by atoms with Gasteiger partial charge in [-0.05, 0) is 19.1 Å². The highest BCUT2D eigenvalue weighted by molar-refractivity contribution is 9.10. The number of carbonyl (C=O) groups excluding carboxylic acids is 1. The maximum absolute atomic E-state index is 12.0. The van der Waals surface area contributed by atoms with Gasteiger partial charge in [0.2, 0.25) is 0 Å². The fraction of sp³-hybridized carbons (Fsp3) is 0.154. The van der Waals surface area contributed by atoms with Gasteiger partial charge in [-0.3, -0.25) is 4.79 Å². The number of nitrogen functional groups attached to an aromatic ring is 1. The van der Waals surface area contributed by atoms with E-state index in [1.807, 2.05) is 25.1 Å². The minimum atomic E-state index is -0.146. The molecule has 1 aromatic heterocycles. The highest BCUT2D eigenvalue weighted by Gasteiger charge is 2.15.